The van der Waals surface area contributed by atoms with Crippen molar-refractivity contribution in [2.75, 3.05) is 0 Å². The monoisotopic (exact) mass is 331 g/mol. The molecule has 2 rings (SSSR count). The first-order chi connectivity index (χ1) is 8.54. The van der Waals surface area contributed by atoms with Gasteiger partial charge in [-0.15, -0.1) is 10.2 Å². The molecular formula is C12H12BrClFN3. The largest absolute Gasteiger partial charge is 0.269 e. The Morgan fingerprint density at radius 1 is 1.39 bits per heavy atom. The Kier molecular flexibility index (Phi) is 4.02. The topological polar surface area (TPSA) is 30.7 Å². The molecule has 0 unspecified atom stereocenters. The summed E-state index contributed by atoms with van der Waals surface area (Å²) in [6.07, 6.45) is 1.71. The fourth-order valence-corrected chi connectivity index (χ4v) is 2.35. The lowest BCUT2D eigenvalue weighted by Crippen LogP contribution is -2.04. The van der Waals surface area contributed by atoms with Gasteiger partial charge >= 0.3 is 0 Å². The number of hydrogen-bond acceptors (Lipinski definition) is 2. The summed E-state index contributed by atoms with van der Waals surface area (Å²) in [5.41, 5.74) is 1.58. The van der Waals surface area contributed by atoms with E-state index >= 15 is 0 Å². The van der Waals surface area contributed by atoms with E-state index in [9.17, 15) is 4.39 Å². The first kappa shape index (κ1) is 13.5. The maximum atomic E-state index is 13.4. The van der Waals surface area contributed by atoms with Gasteiger partial charge in [0.25, 0.3) is 0 Å². The van der Waals surface area contributed by atoms with E-state index < -0.39 is 0 Å². The molecule has 0 radical (unpaired) electrons. The fraction of sp³-hybridized carbons (Fsp3) is 0.333. The highest BCUT2D eigenvalue weighted by Gasteiger charge is 2.15. The molecular weight excluding hydrogens is 321 g/mol. The van der Waals surface area contributed by atoms with Crippen molar-refractivity contribution in [1.82, 2.24) is 14.8 Å². The highest BCUT2D eigenvalue weighted by atomic mass is 79.9. The highest BCUT2D eigenvalue weighted by Crippen LogP contribution is 2.26. The molecule has 0 aliphatic rings. The molecule has 1 aromatic heterocycles. The number of hydrogen-bond donors (Lipinski definition) is 0. The van der Waals surface area contributed by atoms with Crippen LogP contribution in [0.5, 0.6) is 0 Å². The molecule has 0 saturated carbocycles. The predicted molar refractivity (Wildman–Crippen MR) is 72.8 cm³/mol. The highest BCUT2D eigenvalue weighted by molar-refractivity contribution is 9.10. The molecule has 0 fully saturated rings. The van der Waals surface area contributed by atoms with Crippen molar-refractivity contribution in [2.24, 2.45) is 0 Å². The molecule has 0 amide bonds. The lowest BCUT2D eigenvalue weighted by molar-refractivity contribution is 0.619. The van der Waals surface area contributed by atoms with Gasteiger partial charge < -0.3 is 0 Å². The summed E-state index contributed by atoms with van der Waals surface area (Å²) in [7, 11) is 0. The molecule has 0 atom stereocenters. The van der Waals surface area contributed by atoms with Gasteiger partial charge in [0, 0.05) is 6.42 Å². The van der Waals surface area contributed by atoms with Gasteiger partial charge in [0.1, 0.15) is 11.6 Å². The second-order valence-electron chi connectivity index (χ2n) is 4.02. The Bertz CT molecular complexity index is 583. The lowest BCUT2D eigenvalue weighted by Gasteiger charge is -2.11. The minimum absolute atomic E-state index is 0.292. The number of aryl methyl sites for hydroxylation is 2. The summed E-state index contributed by atoms with van der Waals surface area (Å²) >= 11 is 9.24. The van der Waals surface area contributed by atoms with Crippen LogP contribution >= 0.6 is 27.5 Å². The molecule has 1 aromatic carbocycles. The molecule has 1 heterocycles. The van der Waals surface area contributed by atoms with Gasteiger partial charge in [0.2, 0.25) is 5.28 Å². The molecule has 0 aliphatic carbocycles. The van der Waals surface area contributed by atoms with Crippen molar-refractivity contribution in [3.05, 3.63) is 39.1 Å². The molecule has 0 N–H and O–H groups in total. The third-order valence-electron chi connectivity index (χ3n) is 2.64. The smallest absolute Gasteiger partial charge is 0.229 e. The third kappa shape index (κ3) is 2.42. The number of halogens is 3. The van der Waals surface area contributed by atoms with Crippen molar-refractivity contribution in [3.8, 4) is 5.69 Å². The number of benzene rings is 1. The Morgan fingerprint density at radius 3 is 2.78 bits per heavy atom. The van der Waals surface area contributed by atoms with E-state index in [-0.39, 0.29) is 5.82 Å². The van der Waals surface area contributed by atoms with Crippen LogP contribution in [0.25, 0.3) is 5.69 Å². The SMILES string of the molecule is CCCc1nnc(Cl)n1-c1cc(Br)c(F)cc1C. The zero-order chi connectivity index (χ0) is 13.3. The van der Waals surface area contributed by atoms with E-state index in [2.05, 4.69) is 33.1 Å². The summed E-state index contributed by atoms with van der Waals surface area (Å²) < 4.78 is 15.6. The van der Waals surface area contributed by atoms with E-state index in [0.29, 0.717) is 9.76 Å². The van der Waals surface area contributed by atoms with E-state index in [1.807, 2.05) is 6.92 Å². The third-order valence-corrected chi connectivity index (χ3v) is 3.50. The van der Waals surface area contributed by atoms with E-state index in [0.717, 1.165) is 29.9 Å². The summed E-state index contributed by atoms with van der Waals surface area (Å²) in [6.45, 7) is 3.89. The van der Waals surface area contributed by atoms with Crippen LogP contribution in [0.1, 0.15) is 24.7 Å². The molecule has 0 spiro atoms. The van der Waals surface area contributed by atoms with Crippen LogP contribution in [0.15, 0.2) is 16.6 Å². The fourth-order valence-electron chi connectivity index (χ4n) is 1.80. The van der Waals surface area contributed by atoms with Gasteiger partial charge in [-0.05, 0) is 58.6 Å². The predicted octanol–water partition coefficient (Wildman–Crippen LogP) is 4.08. The van der Waals surface area contributed by atoms with Gasteiger partial charge in [-0.2, -0.15) is 0 Å². The van der Waals surface area contributed by atoms with Crippen LogP contribution in [0.2, 0.25) is 5.28 Å². The molecule has 6 heteroatoms. The number of rotatable bonds is 3. The zero-order valence-electron chi connectivity index (χ0n) is 10.0. The first-order valence-electron chi connectivity index (χ1n) is 5.60. The van der Waals surface area contributed by atoms with Crippen LogP contribution in [0.4, 0.5) is 4.39 Å². The average Bonchev–Trinajstić information content (AvgIpc) is 2.66. The van der Waals surface area contributed by atoms with Crippen LogP contribution in [-0.4, -0.2) is 14.8 Å². The van der Waals surface area contributed by atoms with E-state index in [4.69, 9.17) is 11.6 Å². The molecule has 2 aromatic rings. The maximum absolute atomic E-state index is 13.4. The Morgan fingerprint density at radius 2 is 2.11 bits per heavy atom. The Hall–Kier alpha value is -0.940. The standard InChI is InChI=1S/C12H12BrClFN3/c1-3-4-11-16-17-12(14)18(11)10-6-8(13)9(15)5-7(10)2/h5-6H,3-4H2,1-2H3. The zero-order valence-corrected chi connectivity index (χ0v) is 12.4. The van der Waals surface area contributed by atoms with Gasteiger partial charge in [-0.1, -0.05) is 6.92 Å². The van der Waals surface area contributed by atoms with E-state index in [1.165, 1.54) is 6.07 Å². The second-order valence-corrected chi connectivity index (χ2v) is 5.22. The quantitative estimate of drug-likeness (QED) is 0.848. The second kappa shape index (κ2) is 5.36. The Labute approximate surface area is 118 Å². The van der Waals surface area contributed by atoms with Gasteiger partial charge in [-0.25, -0.2) is 4.39 Å². The molecule has 18 heavy (non-hydrogen) atoms. The Balaban J connectivity index is 2.61. The van der Waals surface area contributed by atoms with Crippen molar-refractivity contribution in [3.63, 3.8) is 0 Å². The van der Waals surface area contributed by atoms with Crippen LogP contribution < -0.4 is 0 Å². The first-order valence-corrected chi connectivity index (χ1v) is 6.77. The van der Waals surface area contributed by atoms with Crippen molar-refractivity contribution >= 4 is 27.5 Å². The van der Waals surface area contributed by atoms with Gasteiger partial charge in [0.15, 0.2) is 0 Å². The van der Waals surface area contributed by atoms with Crippen molar-refractivity contribution in [2.45, 2.75) is 26.7 Å². The van der Waals surface area contributed by atoms with E-state index in [1.54, 1.807) is 10.6 Å². The summed E-state index contributed by atoms with van der Waals surface area (Å²) in [5.74, 6) is 0.488. The van der Waals surface area contributed by atoms with Gasteiger partial charge in [-0.3, -0.25) is 4.57 Å². The molecule has 0 saturated heterocycles. The van der Waals surface area contributed by atoms with Crippen LogP contribution in [-0.2, 0) is 6.42 Å². The molecule has 0 bridgehead atoms. The number of nitrogens with zero attached hydrogens (tertiary/aromatic N) is 3. The average molecular weight is 333 g/mol. The molecule has 3 nitrogen and oxygen atoms in total. The summed E-state index contributed by atoms with van der Waals surface area (Å²) in [5, 5.41) is 8.21. The van der Waals surface area contributed by atoms with Gasteiger partial charge in [0.05, 0.1) is 10.2 Å². The lowest BCUT2D eigenvalue weighted by atomic mass is 10.2. The number of aromatic nitrogens is 3. The van der Waals surface area contributed by atoms with Crippen LogP contribution in [0, 0.1) is 12.7 Å². The molecule has 0 aliphatic heterocycles. The summed E-state index contributed by atoms with van der Waals surface area (Å²) in [6, 6.07) is 3.16. The summed E-state index contributed by atoms with van der Waals surface area (Å²) in [4.78, 5) is 0. The normalized spacial score (nSPS) is 10.9. The maximum Gasteiger partial charge on any atom is 0.229 e. The van der Waals surface area contributed by atoms with Crippen molar-refractivity contribution in [1.29, 1.82) is 0 Å². The minimum atomic E-state index is -0.294. The molecule has 96 valence electrons. The van der Waals surface area contributed by atoms with Crippen molar-refractivity contribution < 1.29 is 4.39 Å². The minimum Gasteiger partial charge on any atom is -0.269 e. The van der Waals surface area contributed by atoms with Crippen LogP contribution in [0.3, 0.4) is 0 Å².